The van der Waals surface area contributed by atoms with E-state index in [2.05, 4.69) is 31.1 Å². The van der Waals surface area contributed by atoms with Crippen molar-refractivity contribution < 1.29 is 4.79 Å². The molecule has 4 rings (SSSR count). The van der Waals surface area contributed by atoms with Crippen molar-refractivity contribution in [1.82, 2.24) is 40.5 Å². The number of rotatable bonds is 5. The van der Waals surface area contributed by atoms with Gasteiger partial charge in [-0.2, -0.15) is 10.2 Å². The summed E-state index contributed by atoms with van der Waals surface area (Å²) in [6, 6.07) is 9.56. The molecule has 146 valence electrons. The van der Waals surface area contributed by atoms with Gasteiger partial charge in [0.15, 0.2) is 0 Å². The van der Waals surface area contributed by atoms with Gasteiger partial charge in [0.25, 0.3) is 0 Å². The monoisotopic (exact) mass is 380 g/mol. The van der Waals surface area contributed by atoms with Crippen LogP contribution in [0.1, 0.15) is 36.3 Å². The minimum absolute atomic E-state index is 0.118. The molecule has 1 aromatic carbocycles. The number of nitrogens with zero attached hydrogens (tertiary/aromatic N) is 5. The van der Waals surface area contributed by atoms with Crippen molar-refractivity contribution in [1.29, 1.82) is 0 Å². The van der Waals surface area contributed by atoms with Gasteiger partial charge in [0.2, 0.25) is 0 Å². The number of hydrogen-bond donors (Lipinski definition) is 3. The van der Waals surface area contributed by atoms with E-state index in [1.165, 1.54) is 6.33 Å². The molecule has 1 aliphatic heterocycles. The van der Waals surface area contributed by atoms with Crippen LogP contribution in [0.5, 0.6) is 0 Å². The first-order chi connectivity index (χ1) is 13.7. The van der Waals surface area contributed by atoms with Crippen molar-refractivity contribution >= 4 is 6.03 Å². The Morgan fingerprint density at radius 2 is 2.18 bits per heavy atom. The first kappa shape index (κ1) is 18.2. The second kappa shape index (κ2) is 8.22. The van der Waals surface area contributed by atoms with Crippen LogP contribution in [-0.2, 0) is 19.6 Å². The zero-order valence-corrected chi connectivity index (χ0v) is 15.8. The lowest BCUT2D eigenvalue weighted by molar-refractivity contribution is 0.237. The Morgan fingerprint density at radius 3 is 2.96 bits per heavy atom. The largest absolute Gasteiger partial charge is 0.332 e. The number of hydrogen-bond acceptors (Lipinski definition) is 5. The second-order valence-electron chi connectivity index (χ2n) is 6.86. The molecule has 1 unspecified atom stereocenters. The Hall–Kier alpha value is -3.20. The molecule has 3 heterocycles. The summed E-state index contributed by atoms with van der Waals surface area (Å²) in [5, 5.41) is 17.9. The van der Waals surface area contributed by atoms with E-state index in [9.17, 15) is 4.79 Å². The summed E-state index contributed by atoms with van der Waals surface area (Å²) in [5.41, 5.74) is 3.97. The van der Waals surface area contributed by atoms with E-state index in [0.717, 1.165) is 48.7 Å². The fraction of sp³-hybridized carbons (Fsp3) is 0.368. The topological polar surface area (TPSA) is 102 Å². The van der Waals surface area contributed by atoms with Crippen LogP contribution in [-0.4, -0.2) is 37.1 Å². The SMILES string of the molecule is CC(NC(=O)NCc1cc2n(n1)CCCNC2)c1ccc(-n2cncn2)cc1. The quantitative estimate of drug-likeness (QED) is 0.623. The van der Waals surface area contributed by atoms with E-state index in [0.29, 0.717) is 6.54 Å². The van der Waals surface area contributed by atoms with Crippen LogP contribution in [0.2, 0.25) is 0 Å². The molecule has 0 bridgehead atoms. The number of aromatic nitrogens is 5. The Balaban J connectivity index is 1.30. The van der Waals surface area contributed by atoms with Gasteiger partial charge in [0.05, 0.1) is 29.7 Å². The second-order valence-corrected chi connectivity index (χ2v) is 6.86. The molecule has 0 spiro atoms. The van der Waals surface area contributed by atoms with Gasteiger partial charge in [-0.3, -0.25) is 4.68 Å². The highest BCUT2D eigenvalue weighted by Crippen LogP contribution is 2.15. The molecule has 3 N–H and O–H groups in total. The lowest BCUT2D eigenvalue weighted by Gasteiger charge is -2.15. The highest BCUT2D eigenvalue weighted by Gasteiger charge is 2.13. The van der Waals surface area contributed by atoms with Crippen molar-refractivity contribution in [3.05, 3.63) is 59.9 Å². The Bertz CT molecular complexity index is 893. The zero-order chi connectivity index (χ0) is 19.3. The number of amides is 2. The summed E-state index contributed by atoms with van der Waals surface area (Å²) in [5.74, 6) is 0. The fourth-order valence-corrected chi connectivity index (χ4v) is 3.27. The molecule has 0 radical (unpaired) electrons. The maximum Gasteiger partial charge on any atom is 0.315 e. The Morgan fingerprint density at radius 1 is 1.32 bits per heavy atom. The number of benzene rings is 1. The third-order valence-corrected chi connectivity index (χ3v) is 4.80. The fourth-order valence-electron chi connectivity index (χ4n) is 3.27. The molecular formula is C19H24N8O. The van der Waals surface area contributed by atoms with Crippen LogP contribution in [0.3, 0.4) is 0 Å². The van der Waals surface area contributed by atoms with Crippen LogP contribution in [0.15, 0.2) is 43.0 Å². The van der Waals surface area contributed by atoms with Crippen LogP contribution >= 0.6 is 0 Å². The Labute approximate surface area is 163 Å². The molecule has 2 aromatic heterocycles. The van der Waals surface area contributed by atoms with E-state index in [1.807, 2.05) is 41.9 Å². The van der Waals surface area contributed by atoms with Gasteiger partial charge >= 0.3 is 6.03 Å². The maximum absolute atomic E-state index is 12.3. The molecule has 0 fully saturated rings. The van der Waals surface area contributed by atoms with Crippen molar-refractivity contribution in [2.24, 2.45) is 0 Å². The first-order valence-corrected chi connectivity index (χ1v) is 9.45. The minimum atomic E-state index is -0.214. The number of carbonyl (C=O) groups excluding carboxylic acids is 1. The molecule has 0 saturated carbocycles. The van der Waals surface area contributed by atoms with Crippen molar-refractivity contribution in [3.8, 4) is 5.69 Å². The predicted octanol–water partition coefficient (Wildman–Crippen LogP) is 1.52. The third-order valence-electron chi connectivity index (χ3n) is 4.80. The number of aryl methyl sites for hydroxylation is 1. The molecule has 1 aliphatic rings. The van der Waals surface area contributed by atoms with E-state index in [1.54, 1.807) is 11.0 Å². The van der Waals surface area contributed by atoms with E-state index < -0.39 is 0 Å². The molecule has 9 nitrogen and oxygen atoms in total. The van der Waals surface area contributed by atoms with Crippen LogP contribution in [0.4, 0.5) is 4.79 Å². The van der Waals surface area contributed by atoms with E-state index in [-0.39, 0.29) is 12.1 Å². The Kier molecular flexibility index (Phi) is 5.34. The van der Waals surface area contributed by atoms with Crippen molar-refractivity contribution in [2.45, 2.75) is 39.0 Å². The number of carbonyl (C=O) groups is 1. The van der Waals surface area contributed by atoms with Crippen LogP contribution < -0.4 is 16.0 Å². The normalized spacial score (nSPS) is 14.8. The molecule has 9 heteroatoms. The molecular weight excluding hydrogens is 356 g/mol. The predicted molar refractivity (Wildman–Crippen MR) is 104 cm³/mol. The first-order valence-electron chi connectivity index (χ1n) is 9.45. The van der Waals surface area contributed by atoms with Gasteiger partial charge in [-0.05, 0) is 43.7 Å². The zero-order valence-electron chi connectivity index (χ0n) is 15.8. The van der Waals surface area contributed by atoms with Gasteiger partial charge in [-0.1, -0.05) is 12.1 Å². The average Bonchev–Trinajstić information content (AvgIpc) is 3.32. The van der Waals surface area contributed by atoms with E-state index >= 15 is 0 Å². The summed E-state index contributed by atoms with van der Waals surface area (Å²) in [4.78, 5) is 16.2. The number of nitrogens with one attached hydrogen (secondary N) is 3. The van der Waals surface area contributed by atoms with Gasteiger partial charge < -0.3 is 16.0 Å². The van der Waals surface area contributed by atoms with Crippen molar-refractivity contribution in [3.63, 3.8) is 0 Å². The molecule has 1 atom stereocenters. The summed E-state index contributed by atoms with van der Waals surface area (Å²) < 4.78 is 3.71. The number of fused-ring (bicyclic) bond motifs is 1. The van der Waals surface area contributed by atoms with Gasteiger partial charge in [-0.25, -0.2) is 14.5 Å². The van der Waals surface area contributed by atoms with Crippen LogP contribution in [0, 0.1) is 0 Å². The molecule has 0 saturated heterocycles. The van der Waals surface area contributed by atoms with Gasteiger partial charge in [-0.15, -0.1) is 0 Å². The summed E-state index contributed by atoms with van der Waals surface area (Å²) in [6.45, 7) is 5.10. The standard InChI is InChI=1S/C19H24N8O/c1-14(15-3-5-17(6-4-15)27-13-21-12-23-27)24-19(28)22-10-16-9-18-11-20-7-2-8-26(18)25-16/h3-6,9,12-14,20H,2,7-8,10-11H2,1H3,(H2,22,24,28). The van der Waals surface area contributed by atoms with Gasteiger partial charge in [0.1, 0.15) is 12.7 Å². The van der Waals surface area contributed by atoms with Gasteiger partial charge in [0, 0.05) is 13.1 Å². The summed E-state index contributed by atoms with van der Waals surface area (Å²) in [7, 11) is 0. The molecule has 3 aromatic rings. The molecule has 28 heavy (non-hydrogen) atoms. The van der Waals surface area contributed by atoms with Crippen molar-refractivity contribution in [2.75, 3.05) is 6.54 Å². The maximum atomic E-state index is 12.3. The number of urea groups is 1. The highest BCUT2D eigenvalue weighted by molar-refractivity contribution is 5.74. The summed E-state index contributed by atoms with van der Waals surface area (Å²) in [6.07, 6.45) is 4.21. The molecule has 0 aliphatic carbocycles. The molecule has 2 amide bonds. The smallest absolute Gasteiger partial charge is 0.315 e. The average molecular weight is 380 g/mol. The van der Waals surface area contributed by atoms with E-state index in [4.69, 9.17) is 0 Å². The minimum Gasteiger partial charge on any atom is -0.332 e. The highest BCUT2D eigenvalue weighted by atomic mass is 16.2. The lowest BCUT2D eigenvalue weighted by atomic mass is 10.1. The summed E-state index contributed by atoms with van der Waals surface area (Å²) >= 11 is 0. The van der Waals surface area contributed by atoms with Crippen LogP contribution in [0.25, 0.3) is 5.69 Å². The third kappa shape index (κ3) is 4.20. The lowest BCUT2D eigenvalue weighted by Crippen LogP contribution is -2.36.